The summed E-state index contributed by atoms with van der Waals surface area (Å²) in [6.45, 7) is 5.19. The maximum absolute atomic E-state index is 9.59. The lowest BCUT2D eigenvalue weighted by atomic mass is 10.1. The molecular formula is C12H17Br2NO. The molecule has 0 saturated carbocycles. The molecule has 1 aromatic rings. The fourth-order valence-electron chi connectivity index (χ4n) is 1.56. The summed E-state index contributed by atoms with van der Waals surface area (Å²) < 4.78 is 1.45. The molecule has 0 saturated heterocycles. The van der Waals surface area contributed by atoms with Crippen molar-refractivity contribution in [2.24, 2.45) is 0 Å². The maximum atomic E-state index is 9.59. The molecule has 0 spiro atoms. The molecule has 0 aliphatic rings. The van der Waals surface area contributed by atoms with E-state index in [0.717, 1.165) is 33.9 Å². The first-order chi connectivity index (χ1) is 7.58. The Balaban J connectivity index is 2.68. The van der Waals surface area contributed by atoms with E-state index < -0.39 is 0 Å². The Labute approximate surface area is 114 Å². The number of phenols is 1. The molecule has 0 aliphatic heterocycles. The van der Waals surface area contributed by atoms with Crippen LogP contribution in [0.3, 0.4) is 0 Å². The lowest BCUT2D eigenvalue weighted by molar-refractivity contribution is 0.466. The van der Waals surface area contributed by atoms with Crippen molar-refractivity contribution in [1.29, 1.82) is 0 Å². The lowest BCUT2D eigenvalue weighted by Gasteiger charge is -2.15. The van der Waals surface area contributed by atoms with Crippen molar-refractivity contribution in [2.45, 2.75) is 39.3 Å². The molecule has 0 unspecified atom stereocenters. The molecule has 16 heavy (non-hydrogen) atoms. The number of nitrogens with one attached hydrogen (secondary N) is 1. The largest absolute Gasteiger partial charge is 0.506 e. The van der Waals surface area contributed by atoms with Gasteiger partial charge in [0.2, 0.25) is 0 Å². The lowest BCUT2D eigenvalue weighted by Crippen LogP contribution is -2.26. The number of hydrogen-bond acceptors (Lipinski definition) is 2. The van der Waals surface area contributed by atoms with Gasteiger partial charge in [0.05, 0.1) is 8.95 Å². The summed E-state index contributed by atoms with van der Waals surface area (Å²) in [5.74, 6) is 0.256. The van der Waals surface area contributed by atoms with Gasteiger partial charge < -0.3 is 10.4 Å². The highest BCUT2D eigenvalue weighted by Crippen LogP contribution is 2.33. The standard InChI is InChI=1S/C12H17Br2NO/c1-3-9(4-2)15-7-8-5-10(13)12(16)11(14)6-8/h5-6,9,15-16H,3-4,7H2,1-2H3. The van der Waals surface area contributed by atoms with Gasteiger partial charge in [-0.25, -0.2) is 0 Å². The van der Waals surface area contributed by atoms with E-state index in [1.807, 2.05) is 12.1 Å². The molecule has 2 N–H and O–H groups in total. The van der Waals surface area contributed by atoms with Gasteiger partial charge in [0.1, 0.15) is 5.75 Å². The van der Waals surface area contributed by atoms with E-state index in [4.69, 9.17) is 0 Å². The van der Waals surface area contributed by atoms with Gasteiger partial charge >= 0.3 is 0 Å². The molecule has 0 bridgehead atoms. The molecule has 0 amide bonds. The second-order valence-corrected chi connectivity index (χ2v) is 5.51. The Bertz CT molecular complexity index is 328. The van der Waals surface area contributed by atoms with Crippen LogP contribution in [0.2, 0.25) is 0 Å². The predicted molar refractivity (Wildman–Crippen MR) is 74.7 cm³/mol. The van der Waals surface area contributed by atoms with Gasteiger partial charge in [-0.2, -0.15) is 0 Å². The van der Waals surface area contributed by atoms with E-state index in [0.29, 0.717) is 6.04 Å². The maximum Gasteiger partial charge on any atom is 0.143 e. The molecular weight excluding hydrogens is 334 g/mol. The molecule has 1 aromatic carbocycles. The summed E-state index contributed by atoms with van der Waals surface area (Å²) in [5, 5.41) is 13.1. The number of phenolic OH excluding ortho intramolecular Hbond substituents is 1. The molecule has 90 valence electrons. The molecule has 2 nitrogen and oxygen atoms in total. The zero-order valence-electron chi connectivity index (χ0n) is 9.56. The molecule has 0 aliphatic carbocycles. The SMILES string of the molecule is CCC(CC)NCc1cc(Br)c(O)c(Br)c1. The van der Waals surface area contributed by atoms with Crippen LogP contribution in [0.5, 0.6) is 5.75 Å². The first-order valence-corrected chi connectivity index (χ1v) is 7.07. The van der Waals surface area contributed by atoms with Crippen LogP contribution >= 0.6 is 31.9 Å². The number of aromatic hydroxyl groups is 1. The van der Waals surface area contributed by atoms with Gasteiger partial charge in [-0.05, 0) is 62.4 Å². The van der Waals surface area contributed by atoms with Crippen molar-refractivity contribution >= 4 is 31.9 Å². The quantitative estimate of drug-likeness (QED) is 0.834. The highest BCUT2D eigenvalue weighted by molar-refractivity contribution is 9.11. The summed E-state index contributed by atoms with van der Waals surface area (Å²) in [6.07, 6.45) is 2.27. The monoisotopic (exact) mass is 349 g/mol. The number of benzene rings is 1. The highest BCUT2D eigenvalue weighted by Gasteiger charge is 2.07. The van der Waals surface area contributed by atoms with Gasteiger partial charge in [0.25, 0.3) is 0 Å². The van der Waals surface area contributed by atoms with Crippen molar-refractivity contribution in [1.82, 2.24) is 5.32 Å². The van der Waals surface area contributed by atoms with Crippen LogP contribution < -0.4 is 5.32 Å². The van der Waals surface area contributed by atoms with Gasteiger partial charge in [-0.3, -0.25) is 0 Å². The topological polar surface area (TPSA) is 32.3 Å². The van der Waals surface area contributed by atoms with E-state index in [-0.39, 0.29) is 5.75 Å². The van der Waals surface area contributed by atoms with Crippen molar-refractivity contribution in [2.75, 3.05) is 0 Å². The minimum atomic E-state index is 0.256. The average molecular weight is 351 g/mol. The fraction of sp³-hybridized carbons (Fsp3) is 0.500. The van der Waals surface area contributed by atoms with Crippen LogP contribution in [-0.4, -0.2) is 11.1 Å². The van der Waals surface area contributed by atoms with E-state index >= 15 is 0 Å². The third-order valence-corrected chi connectivity index (χ3v) is 3.87. The molecule has 0 aromatic heterocycles. The molecule has 0 radical (unpaired) electrons. The fourth-order valence-corrected chi connectivity index (χ4v) is 2.84. The van der Waals surface area contributed by atoms with Crippen LogP contribution in [-0.2, 0) is 6.54 Å². The molecule has 0 heterocycles. The normalized spacial score (nSPS) is 11.1. The number of hydrogen-bond donors (Lipinski definition) is 2. The third kappa shape index (κ3) is 3.75. The number of halogens is 2. The van der Waals surface area contributed by atoms with Crippen molar-refractivity contribution in [3.63, 3.8) is 0 Å². The Morgan fingerprint density at radius 3 is 2.12 bits per heavy atom. The van der Waals surface area contributed by atoms with Gasteiger partial charge in [-0.15, -0.1) is 0 Å². The molecule has 0 atom stereocenters. The van der Waals surface area contributed by atoms with Crippen LogP contribution in [0.4, 0.5) is 0 Å². The summed E-state index contributed by atoms with van der Waals surface area (Å²) >= 11 is 6.66. The summed E-state index contributed by atoms with van der Waals surface area (Å²) in [7, 11) is 0. The number of rotatable bonds is 5. The van der Waals surface area contributed by atoms with Gasteiger partial charge in [0, 0.05) is 12.6 Å². The predicted octanol–water partition coefficient (Wildman–Crippen LogP) is 4.20. The summed E-state index contributed by atoms with van der Waals surface area (Å²) in [4.78, 5) is 0. The zero-order valence-corrected chi connectivity index (χ0v) is 12.7. The van der Waals surface area contributed by atoms with Gasteiger partial charge in [-0.1, -0.05) is 13.8 Å². The van der Waals surface area contributed by atoms with Crippen LogP contribution in [0.25, 0.3) is 0 Å². The minimum Gasteiger partial charge on any atom is -0.506 e. The third-order valence-electron chi connectivity index (χ3n) is 2.66. The van der Waals surface area contributed by atoms with E-state index in [2.05, 4.69) is 51.0 Å². The minimum absolute atomic E-state index is 0.256. The Kier molecular flexibility index (Phi) is 5.79. The van der Waals surface area contributed by atoms with Crippen molar-refractivity contribution < 1.29 is 5.11 Å². The average Bonchev–Trinajstić information content (AvgIpc) is 2.27. The van der Waals surface area contributed by atoms with Crippen molar-refractivity contribution in [3.8, 4) is 5.75 Å². The van der Waals surface area contributed by atoms with E-state index in [9.17, 15) is 5.11 Å². The zero-order chi connectivity index (χ0) is 12.1. The first kappa shape index (κ1) is 14.0. The van der Waals surface area contributed by atoms with Crippen molar-refractivity contribution in [3.05, 3.63) is 26.6 Å². The van der Waals surface area contributed by atoms with E-state index in [1.165, 1.54) is 0 Å². The second-order valence-electron chi connectivity index (χ2n) is 3.80. The smallest absolute Gasteiger partial charge is 0.143 e. The summed E-state index contributed by atoms with van der Waals surface area (Å²) in [6, 6.07) is 4.44. The molecule has 1 rings (SSSR count). The van der Waals surface area contributed by atoms with Crippen LogP contribution in [0.15, 0.2) is 21.1 Å². The van der Waals surface area contributed by atoms with Crippen LogP contribution in [0, 0.1) is 0 Å². The Morgan fingerprint density at radius 2 is 1.69 bits per heavy atom. The first-order valence-electron chi connectivity index (χ1n) is 5.48. The molecule has 0 fully saturated rings. The second kappa shape index (κ2) is 6.62. The Morgan fingerprint density at radius 1 is 1.19 bits per heavy atom. The summed E-state index contributed by atoms with van der Waals surface area (Å²) in [5.41, 5.74) is 1.16. The Hall–Kier alpha value is -0.0600. The van der Waals surface area contributed by atoms with Crippen LogP contribution in [0.1, 0.15) is 32.3 Å². The van der Waals surface area contributed by atoms with Gasteiger partial charge in [0.15, 0.2) is 0 Å². The van der Waals surface area contributed by atoms with E-state index in [1.54, 1.807) is 0 Å². The molecule has 4 heteroatoms. The highest BCUT2D eigenvalue weighted by atomic mass is 79.9.